The molecule has 0 unspecified atom stereocenters. The predicted octanol–water partition coefficient (Wildman–Crippen LogP) is 4.00. The molecule has 106 valence electrons. The van der Waals surface area contributed by atoms with Crippen molar-refractivity contribution in [2.75, 3.05) is 0 Å². The number of pyridine rings is 1. The van der Waals surface area contributed by atoms with Gasteiger partial charge < -0.3 is 0 Å². The van der Waals surface area contributed by atoms with Crippen molar-refractivity contribution in [3.8, 4) is 0 Å². The van der Waals surface area contributed by atoms with E-state index in [0.717, 1.165) is 35.1 Å². The SMILES string of the molecule is Cc1ccccc1CCc1nc(C=O)c2cccc(Br)n12. The van der Waals surface area contributed by atoms with Crippen molar-refractivity contribution in [3.63, 3.8) is 0 Å². The Balaban J connectivity index is 1.98. The number of nitrogens with zero attached hydrogens (tertiary/aromatic N) is 2. The van der Waals surface area contributed by atoms with Gasteiger partial charge in [0.05, 0.1) is 10.1 Å². The average Bonchev–Trinajstić information content (AvgIpc) is 2.86. The third-order valence-electron chi connectivity index (χ3n) is 3.70. The minimum atomic E-state index is 0.496. The van der Waals surface area contributed by atoms with Gasteiger partial charge in [-0.2, -0.15) is 0 Å². The lowest BCUT2D eigenvalue weighted by Crippen LogP contribution is -2.00. The van der Waals surface area contributed by atoms with Crippen LogP contribution in [0.3, 0.4) is 0 Å². The van der Waals surface area contributed by atoms with Crippen molar-refractivity contribution in [1.29, 1.82) is 0 Å². The Morgan fingerprint density at radius 3 is 2.71 bits per heavy atom. The molecular weight excluding hydrogens is 328 g/mol. The standard InChI is InChI=1S/C17H15BrN2O/c1-12-5-2-3-6-13(12)9-10-17-19-14(11-21)15-7-4-8-16(18)20(15)17/h2-8,11H,9-10H2,1H3. The number of carbonyl (C=O) groups is 1. The van der Waals surface area contributed by atoms with Gasteiger partial charge in [0.25, 0.3) is 0 Å². The monoisotopic (exact) mass is 342 g/mol. The van der Waals surface area contributed by atoms with Gasteiger partial charge in [-0.1, -0.05) is 30.3 Å². The topological polar surface area (TPSA) is 34.4 Å². The van der Waals surface area contributed by atoms with E-state index in [9.17, 15) is 4.79 Å². The Hall–Kier alpha value is -1.94. The molecular formula is C17H15BrN2O. The summed E-state index contributed by atoms with van der Waals surface area (Å²) in [5, 5.41) is 0. The van der Waals surface area contributed by atoms with Gasteiger partial charge in [0.15, 0.2) is 6.29 Å². The fourth-order valence-electron chi connectivity index (χ4n) is 2.58. The van der Waals surface area contributed by atoms with Crippen molar-refractivity contribution in [2.45, 2.75) is 19.8 Å². The molecule has 0 N–H and O–H groups in total. The largest absolute Gasteiger partial charge is 0.296 e. The van der Waals surface area contributed by atoms with Gasteiger partial charge in [-0.15, -0.1) is 0 Å². The molecule has 0 fully saturated rings. The van der Waals surface area contributed by atoms with Crippen LogP contribution in [-0.2, 0) is 12.8 Å². The number of aryl methyl sites for hydroxylation is 3. The zero-order chi connectivity index (χ0) is 14.8. The number of imidazole rings is 1. The second-order valence-electron chi connectivity index (χ2n) is 5.03. The summed E-state index contributed by atoms with van der Waals surface area (Å²) in [6, 6.07) is 14.1. The highest BCUT2D eigenvalue weighted by atomic mass is 79.9. The Morgan fingerprint density at radius 1 is 1.14 bits per heavy atom. The van der Waals surface area contributed by atoms with Crippen LogP contribution in [0.15, 0.2) is 47.1 Å². The van der Waals surface area contributed by atoms with Gasteiger partial charge in [-0.25, -0.2) is 4.98 Å². The number of halogens is 1. The summed E-state index contributed by atoms with van der Waals surface area (Å²) in [5.41, 5.74) is 3.94. The highest BCUT2D eigenvalue weighted by Crippen LogP contribution is 2.20. The number of rotatable bonds is 4. The number of hydrogen-bond acceptors (Lipinski definition) is 2. The van der Waals surface area contributed by atoms with Crippen molar-refractivity contribution in [3.05, 3.63) is 69.7 Å². The highest BCUT2D eigenvalue weighted by Gasteiger charge is 2.12. The molecule has 1 aromatic carbocycles. The molecule has 0 saturated carbocycles. The zero-order valence-corrected chi connectivity index (χ0v) is 13.3. The number of aromatic nitrogens is 2. The molecule has 3 aromatic rings. The first-order valence-electron chi connectivity index (χ1n) is 6.86. The Labute approximate surface area is 131 Å². The third kappa shape index (κ3) is 2.63. The Kier molecular flexibility index (Phi) is 3.88. The van der Waals surface area contributed by atoms with Crippen LogP contribution in [0.1, 0.15) is 27.4 Å². The normalized spacial score (nSPS) is 11.0. The summed E-state index contributed by atoms with van der Waals surface area (Å²) < 4.78 is 2.92. The summed E-state index contributed by atoms with van der Waals surface area (Å²) in [4.78, 5) is 15.7. The molecule has 4 heteroatoms. The van der Waals surface area contributed by atoms with Crippen LogP contribution in [0.5, 0.6) is 0 Å². The first-order valence-corrected chi connectivity index (χ1v) is 7.65. The van der Waals surface area contributed by atoms with E-state index in [2.05, 4.69) is 46.0 Å². The molecule has 3 nitrogen and oxygen atoms in total. The number of fused-ring (bicyclic) bond motifs is 1. The molecule has 0 aliphatic heterocycles. The first-order chi connectivity index (χ1) is 10.2. The fourth-order valence-corrected chi connectivity index (χ4v) is 3.13. The van der Waals surface area contributed by atoms with E-state index in [4.69, 9.17) is 0 Å². The maximum Gasteiger partial charge on any atom is 0.170 e. The number of carbonyl (C=O) groups excluding carboxylic acids is 1. The molecule has 0 aliphatic rings. The van der Waals surface area contributed by atoms with E-state index >= 15 is 0 Å². The third-order valence-corrected chi connectivity index (χ3v) is 4.32. The van der Waals surface area contributed by atoms with E-state index in [1.165, 1.54) is 11.1 Å². The molecule has 0 radical (unpaired) electrons. The molecule has 0 saturated heterocycles. The molecule has 2 aromatic heterocycles. The molecule has 2 heterocycles. The van der Waals surface area contributed by atoms with Crippen LogP contribution >= 0.6 is 15.9 Å². The molecule has 0 atom stereocenters. The van der Waals surface area contributed by atoms with Gasteiger partial charge in [-0.3, -0.25) is 9.20 Å². The minimum Gasteiger partial charge on any atom is -0.296 e. The Morgan fingerprint density at radius 2 is 1.95 bits per heavy atom. The van der Waals surface area contributed by atoms with Crippen LogP contribution in [0.4, 0.5) is 0 Å². The summed E-state index contributed by atoms with van der Waals surface area (Å²) >= 11 is 3.54. The smallest absolute Gasteiger partial charge is 0.170 e. The molecule has 3 rings (SSSR count). The second-order valence-corrected chi connectivity index (χ2v) is 5.84. The summed E-state index contributed by atoms with van der Waals surface area (Å²) in [6.07, 6.45) is 2.52. The predicted molar refractivity (Wildman–Crippen MR) is 86.9 cm³/mol. The van der Waals surface area contributed by atoms with Crippen molar-refractivity contribution in [1.82, 2.24) is 9.38 Å². The van der Waals surface area contributed by atoms with Crippen LogP contribution < -0.4 is 0 Å². The average molecular weight is 343 g/mol. The van der Waals surface area contributed by atoms with Crippen LogP contribution in [-0.4, -0.2) is 15.7 Å². The second kappa shape index (κ2) is 5.82. The van der Waals surface area contributed by atoms with E-state index in [1.807, 2.05) is 28.7 Å². The summed E-state index contributed by atoms with van der Waals surface area (Å²) in [5.74, 6) is 0.905. The molecule has 0 amide bonds. The highest BCUT2D eigenvalue weighted by molar-refractivity contribution is 9.10. The first kappa shape index (κ1) is 14.0. The lowest BCUT2D eigenvalue weighted by molar-refractivity contribution is 0.112. The summed E-state index contributed by atoms with van der Waals surface area (Å²) in [7, 11) is 0. The fraction of sp³-hybridized carbons (Fsp3) is 0.176. The van der Waals surface area contributed by atoms with E-state index in [-0.39, 0.29) is 0 Å². The van der Waals surface area contributed by atoms with Gasteiger partial charge in [0.2, 0.25) is 0 Å². The van der Waals surface area contributed by atoms with Crippen molar-refractivity contribution in [2.24, 2.45) is 0 Å². The molecule has 0 aliphatic carbocycles. The number of hydrogen-bond donors (Lipinski definition) is 0. The quantitative estimate of drug-likeness (QED) is 0.530. The van der Waals surface area contributed by atoms with Gasteiger partial charge in [-0.05, 0) is 52.5 Å². The van der Waals surface area contributed by atoms with Gasteiger partial charge in [0, 0.05) is 6.42 Å². The maximum absolute atomic E-state index is 11.2. The lowest BCUT2D eigenvalue weighted by atomic mass is 10.0. The molecule has 21 heavy (non-hydrogen) atoms. The van der Waals surface area contributed by atoms with E-state index in [1.54, 1.807) is 0 Å². The Bertz CT molecular complexity index is 808. The van der Waals surface area contributed by atoms with Crippen molar-refractivity contribution >= 4 is 27.7 Å². The van der Waals surface area contributed by atoms with Crippen LogP contribution in [0.2, 0.25) is 0 Å². The lowest BCUT2D eigenvalue weighted by Gasteiger charge is -2.06. The maximum atomic E-state index is 11.2. The zero-order valence-electron chi connectivity index (χ0n) is 11.7. The number of aldehydes is 1. The molecule has 0 spiro atoms. The van der Waals surface area contributed by atoms with Crippen molar-refractivity contribution < 1.29 is 4.79 Å². The minimum absolute atomic E-state index is 0.496. The van der Waals surface area contributed by atoms with Gasteiger partial charge in [0.1, 0.15) is 11.5 Å². The van der Waals surface area contributed by atoms with Crippen LogP contribution in [0.25, 0.3) is 5.52 Å². The van der Waals surface area contributed by atoms with Gasteiger partial charge >= 0.3 is 0 Å². The van der Waals surface area contributed by atoms with Crippen LogP contribution in [0, 0.1) is 6.92 Å². The molecule has 0 bridgehead atoms. The van der Waals surface area contributed by atoms with E-state index in [0.29, 0.717) is 5.69 Å². The van der Waals surface area contributed by atoms with E-state index < -0.39 is 0 Å². The summed E-state index contributed by atoms with van der Waals surface area (Å²) in [6.45, 7) is 2.12. The number of benzene rings is 1.